The molecule has 0 atom stereocenters. The molecule has 0 radical (unpaired) electrons. The molecule has 0 saturated heterocycles. The van der Waals surface area contributed by atoms with Crippen LogP contribution >= 0.6 is 0 Å². The maximum absolute atomic E-state index is 12.7. The Kier molecular flexibility index (Phi) is 4.34. The largest absolute Gasteiger partial charge is 0.495 e. The number of hydrogen-bond acceptors (Lipinski definition) is 4. The van der Waals surface area contributed by atoms with Crippen molar-refractivity contribution in [3.8, 4) is 11.4 Å². The van der Waals surface area contributed by atoms with Crippen molar-refractivity contribution in [3.05, 3.63) is 88.7 Å². The maximum atomic E-state index is 12.7. The summed E-state index contributed by atoms with van der Waals surface area (Å²) in [5, 5.41) is 3.92. The maximum Gasteiger partial charge on any atom is 0.193 e. The van der Waals surface area contributed by atoms with Crippen LogP contribution in [0.2, 0.25) is 0 Å². The van der Waals surface area contributed by atoms with Crippen LogP contribution in [0, 0.1) is 6.92 Å². The third-order valence-electron chi connectivity index (χ3n) is 4.38. The average molecular weight is 357 g/mol. The van der Waals surface area contributed by atoms with Gasteiger partial charge in [-0.25, -0.2) is 4.98 Å². The van der Waals surface area contributed by atoms with Crippen LogP contribution in [-0.4, -0.2) is 16.7 Å². The summed E-state index contributed by atoms with van der Waals surface area (Å²) < 4.78 is 7.39. The number of rotatable bonds is 4. The van der Waals surface area contributed by atoms with Crippen LogP contribution in [-0.2, 0) is 0 Å². The lowest BCUT2D eigenvalue weighted by atomic mass is 10.2. The number of pyridine rings is 2. The monoisotopic (exact) mass is 357 g/mol. The summed E-state index contributed by atoms with van der Waals surface area (Å²) in [5.74, 6) is 1.32. The number of ether oxygens (including phenoxy) is 1. The van der Waals surface area contributed by atoms with Crippen molar-refractivity contribution in [1.82, 2.24) is 9.55 Å². The lowest BCUT2D eigenvalue weighted by Crippen LogP contribution is -2.14. The molecule has 5 nitrogen and oxygen atoms in total. The first-order valence-corrected chi connectivity index (χ1v) is 8.66. The molecule has 2 aromatic heterocycles. The molecule has 5 heteroatoms. The normalized spacial score (nSPS) is 10.7. The summed E-state index contributed by atoms with van der Waals surface area (Å²) in [6, 6.07) is 22.7. The molecule has 0 aliphatic rings. The molecule has 27 heavy (non-hydrogen) atoms. The van der Waals surface area contributed by atoms with Gasteiger partial charge >= 0.3 is 0 Å². The molecular formula is C22H19N3O2. The number of nitrogens with one attached hydrogen (secondary N) is 1. The highest BCUT2D eigenvalue weighted by Gasteiger charge is 2.14. The highest BCUT2D eigenvalue weighted by atomic mass is 16.5. The first-order chi connectivity index (χ1) is 13.2. The molecule has 0 aliphatic heterocycles. The zero-order chi connectivity index (χ0) is 18.8. The minimum absolute atomic E-state index is 0.0814. The van der Waals surface area contributed by atoms with Crippen molar-refractivity contribution in [1.29, 1.82) is 0 Å². The number of fused-ring (bicyclic) bond motifs is 1. The quantitative estimate of drug-likeness (QED) is 0.586. The van der Waals surface area contributed by atoms with Crippen molar-refractivity contribution < 1.29 is 4.74 Å². The number of methoxy groups -OCH3 is 1. The van der Waals surface area contributed by atoms with E-state index >= 15 is 0 Å². The van der Waals surface area contributed by atoms with Gasteiger partial charge in [-0.3, -0.25) is 9.36 Å². The fourth-order valence-electron chi connectivity index (χ4n) is 3.10. The zero-order valence-corrected chi connectivity index (χ0v) is 15.1. The Morgan fingerprint density at radius 1 is 0.963 bits per heavy atom. The van der Waals surface area contributed by atoms with Gasteiger partial charge in [0.15, 0.2) is 5.43 Å². The van der Waals surface area contributed by atoms with Crippen molar-refractivity contribution in [2.75, 3.05) is 12.4 Å². The Labute approximate surface area is 156 Å². The standard InChI is InChI=1S/C22H19N3O2/c1-15-12-13-17-19(26)14-21(24-18-10-6-7-11-20(18)27-2)25(22(17)23-15)16-8-4-3-5-9-16/h3-14,24H,1-2H3. The summed E-state index contributed by atoms with van der Waals surface area (Å²) in [4.78, 5) is 17.4. The topological polar surface area (TPSA) is 56.1 Å². The van der Waals surface area contributed by atoms with E-state index in [2.05, 4.69) is 10.3 Å². The Balaban J connectivity index is 2.01. The van der Waals surface area contributed by atoms with Gasteiger partial charge in [0.05, 0.1) is 18.2 Å². The number of hydrogen-bond donors (Lipinski definition) is 1. The molecule has 0 bridgehead atoms. The van der Waals surface area contributed by atoms with Gasteiger partial charge in [0.1, 0.15) is 17.2 Å². The van der Waals surface area contributed by atoms with Gasteiger partial charge < -0.3 is 10.1 Å². The lowest BCUT2D eigenvalue weighted by molar-refractivity contribution is 0.417. The van der Waals surface area contributed by atoms with E-state index in [0.717, 1.165) is 17.1 Å². The second-order valence-electron chi connectivity index (χ2n) is 6.21. The summed E-state index contributed by atoms with van der Waals surface area (Å²) in [7, 11) is 1.62. The SMILES string of the molecule is COc1ccccc1Nc1cc(=O)c2ccc(C)nc2n1-c1ccccc1. The fourth-order valence-corrected chi connectivity index (χ4v) is 3.10. The van der Waals surface area contributed by atoms with Crippen LogP contribution in [0.3, 0.4) is 0 Å². The van der Waals surface area contributed by atoms with Crippen molar-refractivity contribution in [3.63, 3.8) is 0 Å². The summed E-state index contributed by atoms with van der Waals surface area (Å²) in [6.07, 6.45) is 0. The van der Waals surface area contributed by atoms with E-state index in [-0.39, 0.29) is 5.43 Å². The minimum atomic E-state index is -0.0814. The second-order valence-corrected chi connectivity index (χ2v) is 6.21. The predicted molar refractivity (Wildman–Crippen MR) is 108 cm³/mol. The third-order valence-corrected chi connectivity index (χ3v) is 4.38. The predicted octanol–water partition coefficient (Wildman–Crippen LogP) is 4.45. The molecule has 0 aliphatic carbocycles. The summed E-state index contributed by atoms with van der Waals surface area (Å²) in [6.45, 7) is 1.92. The van der Waals surface area contributed by atoms with Crippen LogP contribution in [0.1, 0.15) is 5.69 Å². The average Bonchev–Trinajstić information content (AvgIpc) is 2.69. The van der Waals surface area contributed by atoms with Gasteiger partial charge in [0.2, 0.25) is 0 Å². The molecule has 1 N–H and O–H groups in total. The number of aryl methyl sites for hydroxylation is 1. The highest BCUT2D eigenvalue weighted by Crippen LogP contribution is 2.29. The summed E-state index contributed by atoms with van der Waals surface area (Å²) in [5.41, 5.74) is 3.07. The van der Waals surface area contributed by atoms with E-state index in [9.17, 15) is 4.79 Å². The van der Waals surface area contributed by atoms with Gasteiger partial charge in [-0.05, 0) is 43.3 Å². The molecule has 0 amide bonds. The number of anilines is 2. The number of para-hydroxylation sites is 3. The zero-order valence-electron chi connectivity index (χ0n) is 15.1. The third kappa shape index (κ3) is 3.15. The summed E-state index contributed by atoms with van der Waals surface area (Å²) >= 11 is 0. The first kappa shape index (κ1) is 16.8. The van der Waals surface area contributed by atoms with E-state index in [1.807, 2.05) is 78.2 Å². The smallest absolute Gasteiger partial charge is 0.193 e. The number of nitrogens with zero attached hydrogens (tertiary/aromatic N) is 2. The molecule has 0 saturated carbocycles. The Morgan fingerprint density at radius 2 is 1.70 bits per heavy atom. The van der Waals surface area contributed by atoms with Crippen LogP contribution in [0.15, 0.2) is 77.6 Å². The Bertz CT molecular complexity index is 1170. The van der Waals surface area contributed by atoms with Gasteiger partial charge in [0, 0.05) is 17.4 Å². The van der Waals surface area contributed by atoms with Crippen LogP contribution in [0.4, 0.5) is 11.5 Å². The van der Waals surface area contributed by atoms with Crippen LogP contribution in [0.25, 0.3) is 16.7 Å². The molecule has 4 rings (SSSR count). The molecule has 4 aromatic rings. The van der Waals surface area contributed by atoms with Gasteiger partial charge in [0.25, 0.3) is 0 Å². The van der Waals surface area contributed by atoms with Crippen molar-refractivity contribution >= 4 is 22.5 Å². The van der Waals surface area contributed by atoms with Crippen molar-refractivity contribution in [2.45, 2.75) is 6.92 Å². The lowest BCUT2D eigenvalue weighted by Gasteiger charge is -2.19. The van der Waals surface area contributed by atoms with E-state index in [1.165, 1.54) is 0 Å². The van der Waals surface area contributed by atoms with Gasteiger partial charge in [-0.15, -0.1) is 0 Å². The molecule has 0 spiro atoms. The molecule has 0 unspecified atom stereocenters. The Morgan fingerprint density at radius 3 is 2.48 bits per heavy atom. The van der Waals surface area contributed by atoms with Crippen molar-refractivity contribution in [2.24, 2.45) is 0 Å². The molecular weight excluding hydrogens is 338 g/mol. The number of aromatic nitrogens is 2. The van der Waals surface area contributed by atoms with E-state index in [1.54, 1.807) is 13.2 Å². The van der Waals surface area contributed by atoms with Crippen LogP contribution in [0.5, 0.6) is 5.75 Å². The second kappa shape index (κ2) is 6.96. The van der Waals surface area contributed by atoms with E-state index < -0.39 is 0 Å². The fraction of sp³-hybridized carbons (Fsp3) is 0.0909. The first-order valence-electron chi connectivity index (χ1n) is 8.66. The molecule has 134 valence electrons. The number of benzene rings is 2. The van der Waals surface area contributed by atoms with Gasteiger partial charge in [-0.1, -0.05) is 30.3 Å². The highest BCUT2D eigenvalue weighted by molar-refractivity contribution is 5.81. The van der Waals surface area contributed by atoms with E-state index in [0.29, 0.717) is 22.6 Å². The molecule has 2 aromatic carbocycles. The van der Waals surface area contributed by atoms with E-state index in [4.69, 9.17) is 4.74 Å². The van der Waals surface area contributed by atoms with Gasteiger partial charge in [-0.2, -0.15) is 0 Å². The Hall–Kier alpha value is -3.60. The van der Waals surface area contributed by atoms with Crippen LogP contribution < -0.4 is 15.5 Å². The molecule has 2 heterocycles. The minimum Gasteiger partial charge on any atom is -0.495 e. The molecule has 0 fully saturated rings.